The van der Waals surface area contributed by atoms with Gasteiger partial charge in [0.25, 0.3) is 0 Å². The van der Waals surface area contributed by atoms with Gasteiger partial charge in [0.1, 0.15) is 6.04 Å². The largest absolute Gasteiger partial charge is 0.480 e. The van der Waals surface area contributed by atoms with Crippen molar-refractivity contribution >= 4 is 29.4 Å². The van der Waals surface area contributed by atoms with Crippen molar-refractivity contribution in [3.05, 3.63) is 24.5 Å². The van der Waals surface area contributed by atoms with Crippen molar-refractivity contribution < 1.29 is 14.7 Å². The van der Waals surface area contributed by atoms with Crippen LogP contribution in [0.3, 0.4) is 0 Å². The molecule has 1 heterocycles. The molecule has 2 amide bonds. The molecule has 1 atom stereocenters. The van der Waals surface area contributed by atoms with Crippen molar-refractivity contribution in [3.63, 3.8) is 0 Å². The molecule has 0 saturated heterocycles. The number of hydrogen-bond acceptors (Lipinski definition) is 4. The molecule has 1 rings (SSSR count). The van der Waals surface area contributed by atoms with Crippen molar-refractivity contribution in [3.8, 4) is 0 Å². The van der Waals surface area contributed by atoms with E-state index in [1.54, 1.807) is 37.1 Å². The Balaban J connectivity index is 2.64. The highest BCUT2D eigenvalue weighted by atomic mass is 32.2. The first-order chi connectivity index (χ1) is 9.06. The Bertz CT molecular complexity index is 427. The van der Waals surface area contributed by atoms with Gasteiger partial charge in [-0.15, -0.1) is 0 Å². The summed E-state index contributed by atoms with van der Waals surface area (Å²) in [7, 11) is 1.57. The van der Waals surface area contributed by atoms with Gasteiger partial charge in [-0.05, 0) is 30.6 Å². The van der Waals surface area contributed by atoms with E-state index in [4.69, 9.17) is 5.11 Å². The van der Waals surface area contributed by atoms with E-state index < -0.39 is 18.0 Å². The van der Waals surface area contributed by atoms with Gasteiger partial charge in [0.2, 0.25) is 0 Å². The minimum atomic E-state index is -1.03. The van der Waals surface area contributed by atoms with Gasteiger partial charge in [-0.1, -0.05) is 0 Å². The van der Waals surface area contributed by atoms with E-state index in [1.165, 1.54) is 11.1 Å². The Morgan fingerprint density at radius 3 is 2.84 bits per heavy atom. The lowest BCUT2D eigenvalue weighted by Crippen LogP contribution is -2.47. The van der Waals surface area contributed by atoms with Crippen molar-refractivity contribution in [1.29, 1.82) is 0 Å². The van der Waals surface area contributed by atoms with Crippen molar-refractivity contribution in [2.24, 2.45) is 0 Å². The van der Waals surface area contributed by atoms with E-state index in [2.05, 4.69) is 10.3 Å². The fourth-order valence-corrected chi connectivity index (χ4v) is 1.88. The molecule has 0 radical (unpaired) electrons. The molecule has 0 aliphatic rings. The summed E-state index contributed by atoms with van der Waals surface area (Å²) >= 11 is 1.54. The molecular weight excluding hydrogens is 266 g/mol. The van der Waals surface area contributed by atoms with Crippen LogP contribution in [0, 0.1) is 0 Å². The zero-order valence-corrected chi connectivity index (χ0v) is 11.7. The van der Waals surface area contributed by atoms with Crippen LogP contribution >= 0.6 is 11.8 Å². The minimum absolute atomic E-state index is 0.392. The molecule has 1 aromatic rings. The number of carbonyl (C=O) groups excluding carboxylic acids is 1. The zero-order chi connectivity index (χ0) is 14.3. The van der Waals surface area contributed by atoms with E-state index in [-0.39, 0.29) is 0 Å². The highest BCUT2D eigenvalue weighted by Crippen LogP contribution is 2.10. The Morgan fingerprint density at radius 1 is 1.58 bits per heavy atom. The van der Waals surface area contributed by atoms with Gasteiger partial charge in [-0.3, -0.25) is 9.88 Å². The number of aliphatic carboxylic acids is 1. The van der Waals surface area contributed by atoms with E-state index in [1.807, 2.05) is 6.26 Å². The monoisotopic (exact) mass is 283 g/mol. The first-order valence-corrected chi connectivity index (χ1v) is 7.11. The van der Waals surface area contributed by atoms with Crippen molar-refractivity contribution in [2.75, 3.05) is 24.0 Å². The van der Waals surface area contributed by atoms with E-state index in [9.17, 15) is 9.59 Å². The number of carbonyl (C=O) groups is 2. The molecule has 0 saturated carbocycles. The number of carboxylic acid groups (broad SMARTS) is 1. The molecule has 0 aliphatic heterocycles. The van der Waals surface area contributed by atoms with Crippen molar-refractivity contribution in [1.82, 2.24) is 10.3 Å². The smallest absolute Gasteiger partial charge is 0.326 e. The molecule has 19 heavy (non-hydrogen) atoms. The lowest BCUT2D eigenvalue weighted by Gasteiger charge is -2.21. The molecule has 0 aromatic carbocycles. The number of aromatic nitrogens is 1. The number of anilines is 1. The normalized spacial score (nSPS) is 11.7. The summed E-state index contributed by atoms with van der Waals surface area (Å²) in [5, 5.41) is 11.5. The molecule has 104 valence electrons. The Kier molecular flexibility index (Phi) is 6.14. The van der Waals surface area contributed by atoms with Crippen LogP contribution in [0.5, 0.6) is 0 Å². The summed E-state index contributed by atoms with van der Waals surface area (Å²) in [6, 6.07) is 2.10. The van der Waals surface area contributed by atoms with Crippen LogP contribution in [0.15, 0.2) is 24.5 Å². The highest BCUT2D eigenvalue weighted by Gasteiger charge is 2.21. The Hall–Kier alpha value is -1.76. The van der Waals surface area contributed by atoms with Crippen LogP contribution in [0.25, 0.3) is 0 Å². The van der Waals surface area contributed by atoms with Gasteiger partial charge in [0.05, 0.1) is 11.9 Å². The number of carboxylic acids is 1. The summed E-state index contributed by atoms with van der Waals surface area (Å²) in [5.41, 5.74) is 0.606. The number of pyridine rings is 1. The number of hydrogen-bond donors (Lipinski definition) is 2. The molecule has 2 N–H and O–H groups in total. The summed E-state index contributed by atoms with van der Waals surface area (Å²) in [6.07, 6.45) is 5.43. The second-order valence-electron chi connectivity index (χ2n) is 3.89. The second-order valence-corrected chi connectivity index (χ2v) is 4.88. The third-order valence-corrected chi connectivity index (χ3v) is 3.19. The summed E-state index contributed by atoms with van der Waals surface area (Å²) < 4.78 is 0. The minimum Gasteiger partial charge on any atom is -0.480 e. The van der Waals surface area contributed by atoms with E-state index >= 15 is 0 Å². The first-order valence-electron chi connectivity index (χ1n) is 5.72. The van der Waals surface area contributed by atoms with Gasteiger partial charge in [0.15, 0.2) is 0 Å². The number of nitrogens with zero attached hydrogens (tertiary/aromatic N) is 2. The SMILES string of the molecule is CSCC[C@@H](NC(=O)N(C)c1cccnc1)C(=O)O. The van der Waals surface area contributed by atoms with E-state index in [0.29, 0.717) is 17.9 Å². The van der Waals surface area contributed by atoms with Gasteiger partial charge in [-0.25, -0.2) is 9.59 Å². The summed E-state index contributed by atoms with van der Waals surface area (Å²) in [6.45, 7) is 0. The lowest BCUT2D eigenvalue weighted by molar-refractivity contribution is -0.139. The summed E-state index contributed by atoms with van der Waals surface area (Å²) in [5.74, 6) is -0.351. The van der Waals surface area contributed by atoms with Gasteiger partial charge < -0.3 is 10.4 Å². The van der Waals surface area contributed by atoms with Gasteiger partial charge >= 0.3 is 12.0 Å². The van der Waals surface area contributed by atoms with Crippen LogP contribution in [-0.2, 0) is 4.79 Å². The average Bonchev–Trinajstić information content (AvgIpc) is 2.43. The van der Waals surface area contributed by atoms with Gasteiger partial charge in [0, 0.05) is 13.2 Å². The molecule has 0 spiro atoms. The standard InChI is InChI=1S/C12H17N3O3S/c1-15(9-4-3-6-13-8-9)12(18)14-10(11(16)17)5-7-19-2/h3-4,6,8,10H,5,7H2,1-2H3,(H,14,18)(H,16,17)/t10-/m1/s1. The predicted octanol–water partition coefficient (Wildman–Crippen LogP) is 1.43. The number of rotatable bonds is 6. The van der Waals surface area contributed by atoms with Gasteiger partial charge in [-0.2, -0.15) is 11.8 Å². The molecule has 0 unspecified atom stereocenters. The molecule has 7 heteroatoms. The number of nitrogens with one attached hydrogen (secondary N) is 1. The van der Waals surface area contributed by atoms with Crippen LogP contribution in [-0.4, -0.2) is 47.2 Å². The van der Waals surface area contributed by atoms with Crippen LogP contribution in [0.2, 0.25) is 0 Å². The van der Waals surface area contributed by atoms with Crippen LogP contribution in [0.4, 0.5) is 10.5 Å². The predicted molar refractivity (Wildman–Crippen MR) is 75.6 cm³/mol. The number of urea groups is 1. The molecule has 0 fully saturated rings. The number of amides is 2. The second kappa shape index (κ2) is 7.63. The number of thioether (sulfide) groups is 1. The van der Waals surface area contributed by atoms with Crippen LogP contribution < -0.4 is 10.2 Å². The molecule has 0 bridgehead atoms. The third kappa shape index (κ3) is 4.78. The quantitative estimate of drug-likeness (QED) is 0.825. The van der Waals surface area contributed by atoms with E-state index in [0.717, 1.165) is 0 Å². The molecular formula is C12H17N3O3S. The summed E-state index contributed by atoms with van der Waals surface area (Å²) in [4.78, 5) is 28.2. The first kappa shape index (κ1) is 15.3. The maximum atomic E-state index is 11.9. The zero-order valence-electron chi connectivity index (χ0n) is 10.9. The van der Waals surface area contributed by atoms with Crippen molar-refractivity contribution in [2.45, 2.75) is 12.5 Å². The third-order valence-electron chi connectivity index (χ3n) is 2.54. The maximum absolute atomic E-state index is 11.9. The molecule has 0 aliphatic carbocycles. The highest BCUT2D eigenvalue weighted by molar-refractivity contribution is 7.98. The fourth-order valence-electron chi connectivity index (χ4n) is 1.41. The maximum Gasteiger partial charge on any atom is 0.326 e. The lowest BCUT2D eigenvalue weighted by atomic mass is 10.2. The fraction of sp³-hybridized carbons (Fsp3) is 0.417. The van der Waals surface area contributed by atoms with Crippen LogP contribution in [0.1, 0.15) is 6.42 Å². The Labute approximate surface area is 116 Å². The topological polar surface area (TPSA) is 82.5 Å². The molecule has 1 aromatic heterocycles. The molecule has 6 nitrogen and oxygen atoms in total. The Morgan fingerprint density at radius 2 is 2.32 bits per heavy atom. The average molecular weight is 283 g/mol.